The summed E-state index contributed by atoms with van der Waals surface area (Å²) in [4.78, 5) is 12.0. The summed E-state index contributed by atoms with van der Waals surface area (Å²) in [7, 11) is 4.73. The summed E-state index contributed by atoms with van der Waals surface area (Å²) < 4.78 is 16.0. The van der Waals surface area contributed by atoms with E-state index in [2.05, 4.69) is 0 Å². The highest BCUT2D eigenvalue weighted by Gasteiger charge is 2.46. The SMILES string of the molecule is COCc1cc(OC)cc(OC)c1C1(C(=O)O)CCCC1. The van der Waals surface area contributed by atoms with Crippen molar-refractivity contribution in [1.29, 1.82) is 0 Å². The molecule has 1 aliphatic rings. The Bertz CT molecular complexity index is 518. The zero-order chi connectivity index (χ0) is 15.5. The van der Waals surface area contributed by atoms with Gasteiger partial charge < -0.3 is 19.3 Å². The molecule has 5 nitrogen and oxygen atoms in total. The molecule has 0 heterocycles. The Morgan fingerprint density at radius 2 is 1.86 bits per heavy atom. The van der Waals surface area contributed by atoms with E-state index in [4.69, 9.17) is 14.2 Å². The Labute approximate surface area is 124 Å². The lowest BCUT2D eigenvalue weighted by atomic mass is 9.76. The monoisotopic (exact) mass is 294 g/mol. The van der Waals surface area contributed by atoms with Gasteiger partial charge in [-0.3, -0.25) is 4.79 Å². The average Bonchev–Trinajstić information content (AvgIpc) is 2.97. The normalized spacial score (nSPS) is 16.7. The smallest absolute Gasteiger partial charge is 0.314 e. The molecule has 1 aliphatic carbocycles. The minimum atomic E-state index is -0.883. The van der Waals surface area contributed by atoms with Crippen molar-refractivity contribution >= 4 is 5.97 Å². The fourth-order valence-electron chi connectivity index (χ4n) is 3.29. The van der Waals surface area contributed by atoms with Crippen LogP contribution in [0.2, 0.25) is 0 Å². The molecular weight excluding hydrogens is 272 g/mol. The molecule has 0 unspecified atom stereocenters. The maximum Gasteiger partial charge on any atom is 0.314 e. The molecule has 0 aliphatic heterocycles. The predicted molar refractivity (Wildman–Crippen MR) is 78.0 cm³/mol. The van der Waals surface area contributed by atoms with Crippen molar-refractivity contribution in [2.75, 3.05) is 21.3 Å². The lowest BCUT2D eigenvalue weighted by Crippen LogP contribution is -2.34. The molecule has 0 spiro atoms. The third-order valence-corrected chi connectivity index (χ3v) is 4.26. The van der Waals surface area contributed by atoms with E-state index in [-0.39, 0.29) is 0 Å². The molecule has 1 aromatic rings. The molecule has 1 saturated carbocycles. The first-order valence-electron chi connectivity index (χ1n) is 7.06. The van der Waals surface area contributed by atoms with E-state index < -0.39 is 11.4 Å². The molecule has 21 heavy (non-hydrogen) atoms. The molecule has 2 rings (SSSR count). The van der Waals surface area contributed by atoms with Crippen LogP contribution < -0.4 is 9.47 Å². The zero-order valence-electron chi connectivity index (χ0n) is 12.8. The van der Waals surface area contributed by atoms with Gasteiger partial charge >= 0.3 is 5.97 Å². The van der Waals surface area contributed by atoms with E-state index in [1.165, 1.54) is 0 Å². The first kappa shape index (κ1) is 15.6. The van der Waals surface area contributed by atoms with E-state index >= 15 is 0 Å². The Kier molecular flexibility index (Phi) is 4.73. The Balaban J connectivity index is 2.66. The Morgan fingerprint density at radius 1 is 1.19 bits per heavy atom. The van der Waals surface area contributed by atoms with E-state index in [0.29, 0.717) is 30.9 Å². The first-order chi connectivity index (χ1) is 10.1. The molecule has 0 atom stereocenters. The van der Waals surface area contributed by atoms with Crippen molar-refractivity contribution in [3.05, 3.63) is 23.3 Å². The van der Waals surface area contributed by atoms with E-state index in [0.717, 1.165) is 24.0 Å². The number of carboxylic acid groups (broad SMARTS) is 1. The van der Waals surface area contributed by atoms with Gasteiger partial charge in [0.15, 0.2) is 0 Å². The standard InChI is InChI=1S/C16H22O5/c1-19-10-11-8-12(20-2)9-13(21-3)14(11)16(15(17)18)6-4-5-7-16/h8-9H,4-7,10H2,1-3H3,(H,17,18). The molecule has 0 saturated heterocycles. The lowest BCUT2D eigenvalue weighted by molar-refractivity contribution is -0.143. The van der Waals surface area contributed by atoms with Gasteiger partial charge in [-0.1, -0.05) is 12.8 Å². The fourth-order valence-corrected chi connectivity index (χ4v) is 3.29. The highest BCUT2D eigenvalue weighted by atomic mass is 16.5. The van der Waals surface area contributed by atoms with Gasteiger partial charge in [0.25, 0.3) is 0 Å². The van der Waals surface area contributed by atoms with Gasteiger partial charge in [0, 0.05) is 18.7 Å². The van der Waals surface area contributed by atoms with Gasteiger partial charge in [-0.15, -0.1) is 0 Å². The topological polar surface area (TPSA) is 65.0 Å². The van der Waals surface area contributed by atoms with Crippen LogP contribution >= 0.6 is 0 Å². The molecule has 1 fully saturated rings. The number of ether oxygens (including phenoxy) is 3. The van der Waals surface area contributed by atoms with Crippen molar-refractivity contribution in [3.8, 4) is 11.5 Å². The van der Waals surface area contributed by atoms with Crippen LogP contribution in [-0.2, 0) is 21.6 Å². The highest BCUT2D eigenvalue weighted by Crippen LogP contribution is 2.47. The van der Waals surface area contributed by atoms with E-state index in [1.54, 1.807) is 27.4 Å². The van der Waals surface area contributed by atoms with Crippen LogP contribution in [-0.4, -0.2) is 32.4 Å². The van der Waals surface area contributed by atoms with Gasteiger partial charge in [0.05, 0.1) is 26.2 Å². The van der Waals surface area contributed by atoms with Gasteiger partial charge in [-0.25, -0.2) is 0 Å². The lowest BCUT2D eigenvalue weighted by Gasteiger charge is -2.29. The fraction of sp³-hybridized carbons (Fsp3) is 0.562. The second kappa shape index (κ2) is 6.35. The van der Waals surface area contributed by atoms with Crippen molar-refractivity contribution in [2.24, 2.45) is 0 Å². The first-order valence-corrected chi connectivity index (χ1v) is 7.06. The highest BCUT2D eigenvalue weighted by molar-refractivity contribution is 5.84. The molecule has 0 aromatic heterocycles. The summed E-state index contributed by atoms with van der Waals surface area (Å²) in [6.07, 6.45) is 3.07. The van der Waals surface area contributed by atoms with Crippen molar-refractivity contribution in [2.45, 2.75) is 37.7 Å². The summed E-state index contributed by atoms with van der Waals surface area (Å²) in [6.45, 7) is 0.331. The third-order valence-electron chi connectivity index (χ3n) is 4.26. The Morgan fingerprint density at radius 3 is 2.33 bits per heavy atom. The van der Waals surface area contributed by atoms with Crippen molar-refractivity contribution < 1.29 is 24.1 Å². The second-order valence-electron chi connectivity index (χ2n) is 5.39. The maximum absolute atomic E-state index is 12.0. The Hall–Kier alpha value is -1.75. The molecule has 1 N–H and O–H groups in total. The average molecular weight is 294 g/mol. The number of benzene rings is 1. The summed E-state index contributed by atoms with van der Waals surface area (Å²) in [6, 6.07) is 3.59. The number of hydrogen-bond donors (Lipinski definition) is 1. The summed E-state index contributed by atoms with van der Waals surface area (Å²) >= 11 is 0. The molecule has 116 valence electrons. The van der Waals surface area contributed by atoms with Gasteiger partial charge in [0.2, 0.25) is 0 Å². The zero-order valence-corrected chi connectivity index (χ0v) is 12.8. The van der Waals surface area contributed by atoms with Crippen molar-refractivity contribution in [1.82, 2.24) is 0 Å². The summed E-state index contributed by atoms with van der Waals surface area (Å²) in [5, 5.41) is 9.83. The molecule has 0 amide bonds. The van der Waals surface area contributed by atoms with Crippen LogP contribution in [0.4, 0.5) is 0 Å². The van der Waals surface area contributed by atoms with Crippen LogP contribution in [0.3, 0.4) is 0 Å². The largest absolute Gasteiger partial charge is 0.497 e. The number of carboxylic acids is 1. The quantitative estimate of drug-likeness (QED) is 0.874. The summed E-state index contributed by atoms with van der Waals surface area (Å²) in [5.41, 5.74) is 0.668. The molecule has 0 bridgehead atoms. The second-order valence-corrected chi connectivity index (χ2v) is 5.39. The molecule has 5 heteroatoms. The third kappa shape index (κ3) is 2.70. The minimum absolute atomic E-state index is 0.331. The van der Waals surface area contributed by atoms with E-state index in [1.807, 2.05) is 6.07 Å². The van der Waals surface area contributed by atoms with Crippen LogP contribution in [0, 0.1) is 0 Å². The number of methoxy groups -OCH3 is 3. The maximum atomic E-state index is 12.0. The van der Waals surface area contributed by atoms with Crippen molar-refractivity contribution in [3.63, 3.8) is 0 Å². The number of carbonyl (C=O) groups is 1. The van der Waals surface area contributed by atoms with E-state index in [9.17, 15) is 9.90 Å². The minimum Gasteiger partial charge on any atom is -0.497 e. The van der Waals surface area contributed by atoms with Gasteiger partial charge in [-0.05, 0) is 24.5 Å². The van der Waals surface area contributed by atoms with Crippen LogP contribution in [0.5, 0.6) is 11.5 Å². The van der Waals surface area contributed by atoms with Gasteiger partial charge in [0.1, 0.15) is 11.5 Å². The number of aliphatic carboxylic acids is 1. The molecule has 0 radical (unpaired) electrons. The summed E-state index contributed by atoms with van der Waals surface area (Å²) in [5.74, 6) is 0.410. The molecular formula is C16H22O5. The number of rotatable bonds is 6. The van der Waals surface area contributed by atoms with Crippen LogP contribution in [0.15, 0.2) is 12.1 Å². The van der Waals surface area contributed by atoms with Crippen LogP contribution in [0.25, 0.3) is 0 Å². The van der Waals surface area contributed by atoms with Crippen LogP contribution in [0.1, 0.15) is 36.8 Å². The number of hydrogen-bond acceptors (Lipinski definition) is 4. The molecule has 1 aromatic carbocycles. The van der Waals surface area contributed by atoms with Gasteiger partial charge in [-0.2, -0.15) is 0 Å². The predicted octanol–water partition coefficient (Wildman–Crippen LogP) is 2.75.